The van der Waals surface area contributed by atoms with Crippen LogP contribution in [0.15, 0.2) is 27.0 Å². The van der Waals surface area contributed by atoms with Gasteiger partial charge in [0.05, 0.1) is 56.4 Å². The van der Waals surface area contributed by atoms with Gasteiger partial charge in [-0.3, -0.25) is 37.2 Å². The summed E-state index contributed by atoms with van der Waals surface area (Å²) in [5.74, 6) is 3.77. The van der Waals surface area contributed by atoms with Crippen LogP contribution in [0.2, 0.25) is 0 Å². The van der Waals surface area contributed by atoms with E-state index < -0.39 is 157 Å². The third-order valence-electron chi connectivity index (χ3n) is 23.6. The second-order valence-corrected chi connectivity index (χ2v) is 60.6. The molecule has 15 rings (SSSR count). The molecule has 0 saturated carbocycles. The lowest BCUT2D eigenvalue weighted by Gasteiger charge is -2.28. The van der Waals surface area contributed by atoms with E-state index in [4.69, 9.17) is 44.6 Å². The Kier molecular flexibility index (Phi) is 34.5. The Morgan fingerprint density at radius 3 is 1.10 bits per heavy atom. The van der Waals surface area contributed by atoms with E-state index in [1.54, 1.807) is 50.5 Å². The average molecular weight is 1970 g/mol. The van der Waals surface area contributed by atoms with Gasteiger partial charge >= 0.3 is 0 Å². The lowest BCUT2D eigenvalue weighted by atomic mass is 9.95. The van der Waals surface area contributed by atoms with Crippen LogP contribution in [0.4, 0.5) is 11.9 Å². The number of ether oxygens (including phenoxy) is 7. The first-order valence-electron chi connectivity index (χ1n) is 45.2. The van der Waals surface area contributed by atoms with Crippen LogP contribution in [-0.4, -0.2) is 382 Å². The number of unbranched alkanes of at least 4 members (excludes halogenated alkanes) is 1. The number of hydrogen-bond donors (Lipinski definition) is 15. The molecule has 5 saturated heterocycles. The first-order chi connectivity index (χ1) is 62.6. The van der Waals surface area contributed by atoms with Gasteiger partial charge in [-0.2, -0.15) is 19.9 Å². The van der Waals surface area contributed by atoms with Crippen molar-refractivity contribution in [3.05, 3.63) is 78.7 Å². The minimum Gasteiger partial charge on any atom is -0.476 e. The highest BCUT2D eigenvalue weighted by molar-refractivity contribution is 7.73. The summed E-state index contributed by atoms with van der Waals surface area (Å²) < 4.78 is 49.5. The molecule has 0 bridgehead atoms. The molecular formula is C87H141N22O20P5. The zero-order chi connectivity index (χ0) is 98.8. The highest BCUT2D eigenvalue weighted by Crippen LogP contribution is 2.48. The van der Waals surface area contributed by atoms with E-state index in [0.29, 0.717) is 144 Å². The molecule has 42 nitrogen and oxygen atoms in total. The van der Waals surface area contributed by atoms with Crippen molar-refractivity contribution >= 4 is 134 Å². The molecule has 15 heterocycles. The Morgan fingerprint density at radius 2 is 0.746 bits per heavy atom. The van der Waals surface area contributed by atoms with Gasteiger partial charge in [0.1, 0.15) is 95.5 Å². The van der Waals surface area contributed by atoms with Crippen LogP contribution in [0.1, 0.15) is 158 Å². The Balaban J connectivity index is 0.000000161. The Morgan fingerprint density at radius 1 is 0.410 bits per heavy atom. The molecule has 20 atom stereocenters. The van der Waals surface area contributed by atoms with E-state index in [0.717, 1.165) is 56.5 Å². The molecule has 47 heteroatoms. The average Bonchev–Trinajstić information content (AvgIpc) is 1.59. The molecule has 0 amide bonds. The summed E-state index contributed by atoms with van der Waals surface area (Å²) in [4.78, 5) is 96.1. The second kappa shape index (κ2) is 43.3. The van der Waals surface area contributed by atoms with Gasteiger partial charge in [0.2, 0.25) is 23.7 Å². The SMILES string of the molecule is C=P(C)(C)CC[C@H]1OC(n2c(C)nc3c(=O)[nH]c(C)nc32)[C@](C)(O)[C@@H]1O.C=P(C)(C)CC[C@H]1OC(n2c(CC)nc3c(=O)[nH]c(C)nc32)[C@H](O)[C@@H]1O.C=P(C)(C)CC[C@H]1OC(n2c(CCC)nc3c(=O)[nH]c(C)nc32)[C@H](O)[C@@H]1O.C=P(C)(C)CC[C@H]1OC(n2cnc3c(OCCC)nc(N)nc32)[C@H](O)[C@@H]1O.C=P(C)(C)CC[C@H]1OC(n2cnc3c(OCCCC)nc(N)nc32)[C@H](O)[C@@H]1O. The number of imidazole rings is 5. The number of aliphatic hydroxyl groups excluding tert-OH is 9. The number of aromatic nitrogens is 20. The number of anilines is 2. The summed E-state index contributed by atoms with van der Waals surface area (Å²) >= 11 is 0. The Hall–Kier alpha value is -7.75. The summed E-state index contributed by atoms with van der Waals surface area (Å²) in [6.07, 6.45) is 19.9. The van der Waals surface area contributed by atoms with Crippen molar-refractivity contribution in [1.82, 2.24) is 97.6 Å². The van der Waals surface area contributed by atoms with Gasteiger partial charge in [0, 0.05) is 12.8 Å². The van der Waals surface area contributed by atoms with Crippen molar-refractivity contribution in [2.45, 2.75) is 255 Å². The number of rotatable bonds is 30. The Labute approximate surface area is 779 Å². The fraction of sp³-hybridized carbons (Fsp3) is 0.655. The molecule has 5 aliphatic heterocycles. The van der Waals surface area contributed by atoms with Gasteiger partial charge in [-0.25, -0.2) is 39.9 Å². The second-order valence-electron chi connectivity index (χ2n) is 39.0. The van der Waals surface area contributed by atoms with Crippen LogP contribution in [0, 0.1) is 27.7 Å². The van der Waals surface area contributed by atoms with Gasteiger partial charge < -0.3 is 111 Å². The van der Waals surface area contributed by atoms with Crippen molar-refractivity contribution < 1.29 is 84.2 Å². The summed E-state index contributed by atoms with van der Waals surface area (Å²) in [5.41, 5.74) is 12.5. The number of nitrogens with zero attached hydrogens (tertiary/aromatic N) is 17. The largest absolute Gasteiger partial charge is 0.476 e. The van der Waals surface area contributed by atoms with Gasteiger partial charge in [-0.15, -0.1) is 65.9 Å². The zero-order valence-electron chi connectivity index (χ0n) is 80.4. The lowest BCUT2D eigenvalue weighted by molar-refractivity contribution is -0.0947. The van der Waals surface area contributed by atoms with Gasteiger partial charge in [-0.05, 0) is 183 Å². The molecule has 10 aromatic heterocycles. The predicted molar refractivity (Wildman–Crippen MR) is 534 cm³/mol. The van der Waals surface area contributed by atoms with E-state index in [1.165, 1.54) is 19.6 Å². The standard InChI is InChI=1S/C18H30N5O4P.C18H29N4O4P.C17H28N5O4P.2C17H27N4O4P/c1-5-6-8-26-16-12-15(21-18(19)22-16)23(10-20-12)17-14(25)13(24)11(27-17)7-9-28(2,3)4;1-6-7-12-21-13-16(19-10(2)20-17(13)25)22(12)18-15(24)14(23)11(26-18)8-9-27(3,4)5;1-5-7-25-15-11-14(20-17(18)21-15)22(9-19-11)16-13(24)12(23)10(26-16)6-8-27(2,3)4;1-9-18-14-12(15(23)19-9)20-10(2)21(14)16-17(3,24)13(22)11(25-16)7-8-26(4,5)6;1-6-11-20-12-15(18-9(2)19-16(12)24)21(11)17-14(23)13(22)10(25-17)7-8-26(3,4)5/h10-11,13-14,17,24-25H,2,5-9H2,1,3-4H3,(H2,19,21,22);11,14-15,18,23-24H,3,6-9H2,1-2,4-5H3,(H,19,20,25);9-10,12-13,16,23-24H,2,5-8H2,1,3-4H3,(H2,18,20,21);11,13,16,22,24H,4,7-8H2,1-3,5-6H3,(H,18,19,23);10,13-14,17,22-23H,3,6-8H2,1-2,4-5H3,(H,18,19,24)/t11-,13-,14-,17?;11-,14-,15-,18?;10-,12-,13-,16?;11-,13-,16?,17-;10-,13-,14-,17?/m11111/s1. The fourth-order valence-corrected chi connectivity index (χ4v) is 21.2. The number of nitrogens with two attached hydrogens (primary N) is 2. The number of nitrogens with one attached hydrogen (secondary N) is 3. The van der Waals surface area contributed by atoms with Crippen molar-refractivity contribution in [2.75, 3.05) is 122 Å². The molecule has 0 radical (unpaired) electrons. The smallest absolute Gasteiger partial charge is 0.279 e. The highest BCUT2D eigenvalue weighted by Gasteiger charge is 2.55. The first-order valence-corrected chi connectivity index (χ1v) is 60.5. The number of H-pyrrole nitrogens is 3. The monoisotopic (exact) mass is 1970 g/mol. The summed E-state index contributed by atoms with van der Waals surface area (Å²) in [5, 5.41) is 106. The predicted octanol–water partition coefficient (Wildman–Crippen LogP) is 4.87. The zero-order valence-corrected chi connectivity index (χ0v) is 84.9. The van der Waals surface area contributed by atoms with Crippen molar-refractivity contribution in [2.24, 2.45) is 0 Å². The number of aromatic amines is 3. The third kappa shape index (κ3) is 25.1. The van der Waals surface area contributed by atoms with Gasteiger partial charge in [-0.1, -0.05) is 34.1 Å². The van der Waals surface area contributed by atoms with Crippen LogP contribution in [-0.2, 0) is 36.5 Å². The molecule has 134 heavy (non-hydrogen) atoms. The Bertz CT molecular complexity index is 6220. The number of aliphatic hydroxyl groups is 10. The number of aryl methyl sites for hydroxylation is 6. The third-order valence-corrected chi connectivity index (χ3v) is 30.9. The molecule has 0 spiro atoms. The molecule has 744 valence electrons. The van der Waals surface area contributed by atoms with E-state index in [9.17, 15) is 65.4 Å². The van der Waals surface area contributed by atoms with E-state index in [2.05, 4.69) is 180 Å². The van der Waals surface area contributed by atoms with Crippen LogP contribution >= 0.6 is 34.4 Å². The van der Waals surface area contributed by atoms with Crippen LogP contribution in [0.25, 0.3) is 55.8 Å². The highest BCUT2D eigenvalue weighted by atomic mass is 31.2. The molecule has 5 fully saturated rings. The van der Waals surface area contributed by atoms with Crippen LogP contribution in [0.3, 0.4) is 0 Å². The van der Waals surface area contributed by atoms with Crippen LogP contribution in [0.5, 0.6) is 11.8 Å². The number of nitrogen functional groups attached to an aromatic ring is 2. The molecule has 0 aromatic carbocycles. The number of hydrogen-bond acceptors (Lipinski definition) is 34. The van der Waals surface area contributed by atoms with Crippen molar-refractivity contribution in [1.29, 1.82) is 0 Å². The number of fused-ring (bicyclic) bond motifs is 5. The summed E-state index contributed by atoms with van der Waals surface area (Å²) in [7, 11) is 0. The van der Waals surface area contributed by atoms with Crippen molar-refractivity contribution in [3.63, 3.8) is 0 Å². The quantitative estimate of drug-likeness (QED) is 0.0211. The van der Waals surface area contributed by atoms with E-state index in [1.807, 2.05) is 20.8 Å². The molecule has 0 aliphatic carbocycles. The molecule has 5 unspecified atom stereocenters. The minimum atomic E-state index is -1.54. The molecule has 10 aromatic rings. The molecular weight excluding hydrogens is 1830 g/mol. The fourth-order valence-electron chi connectivity index (χ4n) is 16.4. The minimum absolute atomic E-state index is 0.0449. The van der Waals surface area contributed by atoms with E-state index in [-0.39, 0.29) is 45.1 Å². The van der Waals surface area contributed by atoms with Gasteiger partial charge in [0.15, 0.2) is 87.0 Å². The lowest BCUT2D eigenvalue weighted by Crippen LogP contribution is -2.44. The maximum absolute atomic E-state index is 12.3. The molecule has 5 aliphatic rings. The maximum Gasteiger partial charge on any atom is 0.279 e. The normalized spacial score (nSPS) is 26.7. The van der Waals surface area contributed by atoms with Crippen molar-refractivity contribution in [3.8, 4) is 11.8 Å². The van der Waals surface area contributed by atoms with Crippen LogP contribution < -0.4 is 37.6 Å². The summed E-state index contributed by atoms with van der Waals surface area (Å²) in [6, 6.07) is 0. The maximum atomic E-state index is 12.3. The molecule has 17 N–H and O–H groups in total. The van der Waals surface area contributed by atoms with E-state index >= 15 is 0 Å². The summed E-state index contributed by atoms with van der Waals surface area (Å²) in [6.45, 7) is 32.2. The van der Waals surface area contributed by atoms with Gasteiger partial charge in [0.25, 0.3) is 16.7 Å². The topological polar surface area (TPSA) is 597 Å². The first kappa shape index (κ1) is 107.